The Kier molecular flexibility index (Phi) is 8.90. The lowest BCUT2D eigenvalue weighted by atomic mass is 10.1. The molecule has 0 radical (unpaired) electrons. The van der Waals surface area contributed by atoms with Crippen LogP contribution in [-0.2, 0) is 19.1 Å². The fourth-order valence-corrected chi connectivity index (χ4v) is 3.47. The first-order valence-electron chi connectivity index (χ1n) is 10.9. The highest BCUT2D eigenvalue weighted by atomic mass is 16.5. The smallest absolute Gasteiger partial charge is 0.262 e. The largest absolute Gasteiger partial charge is 0.490 e. The molecule has 0 aromatic heterocycles. The maximum absolute atomic E-state index is 12.4. The molecule has 0 saturated carbocycles. The van der Waals surface area contributed by atoms with E-state index in [-0.39, 0.29) is 24.2 Å². The molecule has 3 rings (SSSR count). The molecule has 2 fully saturated rings. The number of nitrogens with zero attached hydrogens (tertiary/aromatic N) is 2. The summed E-state index contributed by atoms with van der Waals surface area (Å²) in [5.41, 5.74) is 0.603. The van der Waals surface area contributed by atoms with Gasteiger partial charge in [-0.15, -0.1) is 0 Å². The Morgan fingerprint density at radius 2 is 2.06 bits per heavy atom. The quantitative estimate of drug-likeness (QED) is 0.455. The highest BCUT2D eigenvalue weighted by Gasteiger charge is 2.19. The van der Waals surface area contributed by atoms with Crippen LogP contribution < -0.4 is 14.8 Å². The Balaban J connectivity index is 1.64. The van der Waals surface area contributed by atoms with Crippen LogP contribution in [0.15, 0.2) is 23.8 Å². The Morgan fingerprint density at radius 3 is 2.75 bits per heavy atom. The first kappa shape index (κ1) is 23.6. The van der Waals surface area contributed by atoms with Crippen molar-refractivity contribution in [2.24, 2.45) is 0 Å². The van der Waals surface area contributed by atoms with Crippen LogP contribution >= 0.6 is 0 Å². The van der Waals surface area contributed by atoms with Crippen molar-refractivity contribution in [3.63, 3.8) is 0 Å². The van der Waals surface area contributed by atoms with Crippen molar-refractivity contribution in [2.45, 2.75) is 25.9 Å². The molecule has 0 spiro atoms. The van der Waals surface area contributed by atoms with Gasteiger partial charge in [0.15, 0.2) is 18.1 Å². The van der Waals surface area contributed by atoms with Crippen LogP contribution in [0.3, 0.4) is 0 Å². The Morgan fingerprint density at radius 1 is 1.25 bits per heavy atom. The number of benzene rings is 1. The first-order chi connectivity index (χ1) is 15.6. The van der Waals surface area contributed by atoms with E-state index in [1.807, 2.05) is 13.0 Å². The Labute approximate surface area is 187 Å². The number of nitrogens with one attached hydrogen (secondary N) is 1. The molecule has 0 aliphatic carbocycles. The van der Waals surface area contributed by atoms with Crippen LogP contribution in [0.25, 0.3) is 6.08 Å². The molecule has 2 heterocycles. The Hall–Kier alpha value is -3.09. The highest BCUT2D eigenvalue weighted by Crippen LogP contribution is 2.29. The summed E-state index contributed by atoms with van der Waals surface area (Å²) in [5.74, 6) is 0.298. The number of morpholine rings is 1. The fourth-order valence-electron chi connectivity index (χ4n) is 3.47. The van der Waals surface area contributed by atoms with Crippen LogP contribution in [-0.4, -0.2) is 75.5 Å². The average Bonchev–Trinajstić information content (AvgIpc) is 3.35. The van der Waals surface area contributed by atoms with Gasteiger partial charge in [-0.05, 0) is 43.5 Å². The van der Waals surface area contributed by atoms with Gasteiger partial charge in [-0.3, -0.25) is 9.59 Å². The second-order valence-corrected chi connectivity index (χ2v) is 7.44. The standard InChI is InChI=1S/C23H29N3O6/c1-2-30-21-13-17(12-18(14-24)23(28)25-15-19-4-3-9-31-19)5-6-20(21)32-16-22(27)26-7-10-29-11-8-26/h5-6,12-13,19H,2-4,7-11,15-16H2,1H3,(H,25,28)/b18-12+/t19-/m1/s1. The second-order valence-electron chi connectivity index (χ2n) is 7.44. The van der Waals surface area contributed by atoms with Gasteiger partial charge >= 0.3 is 0 Å². The molecule has 1 N–H and O–H groups in total. The topological polar surface area (TPSA) is 110 Å². The van der Waals surface area contributed by atoms with Gasteiger partial charge in [0.1, 0.15) is 11.6 Å². The van der Waals surface area contributed by atoms with Crippen molar-refractivity contribution in [1.29, 1.82) is 5.26 Å². The summed E-state index contributed by atoms with van der Waals surface area (Å²) in [6.45, 7) is 5.37. The van der Waals surface area contributed by atoms with Crippen molar-refractivity contribution in [3.8, 4) is 17.6 Å². The van der Waals surface area contributed by atoms with Crippen LogP contribution in [0.1, 0.15) is 25.3 Å². The van der Waals surface area contributed by atoms with Crippen molar-refractivity contribution < 1.29 is 28.5 Å². The molecule has 9 nitrogen and oxygen atoms in total. The molecule has 0 unspecified atom stereocenters. The lowest BCUT2D eigenvalue weighted by Crippen LogP contribution is -2.43. The average molecular weight is 444 g/mol. The van der Waals surface area contributed by atoms with E-state index < -0.39 is 5.91 Å². The maximum Gasteiger partial charge on any atom is 0.262 e. The van der Waals surface area contributed by atoms with Crippen LogP contribution in [0.2, 0.25) is 0 Å². The molecular formula is C23H29N3O6. The fraction of sp³-hybridized carbons (Fsp3) is 0.522. The predicted molar refractivity (Wildman–Crippen MR) is 116 cm³/mol. The van der Waals surface area contributed by atoms with Gasteiger partial charge in [-0.1, -0.05) is 6.07 Å². The van der Waals surface area contributed by atoms with Gasteiger partial charge in [0.25, 0.3) is 11.8 Å². The number of amides is 2. The third-order valence-corrected chi connectivity index (χ3v) is 5.17. The van der Waals surface area contributed by atoms with Crippen molar-refractivity contribution in [1.82, 2.24) is 10.2 Å². The van der Waals surface area contributed by atoms with E-state index in [4.69, 9.17) is 18.9 Å². The number of hydrogen-bond donors (Lipinski definition) is 1. The lowest BCUT2D eigenvalue weighted by molar-refractivity contribution is -0.137. The molecule has 172 valence electrons. The third-order valence-electron chi connectivity index (χ3n) is 5.17. The molecule has 1 aromatic rings. The van der Waals surface area contributed by atoms with E-state index in [1.54, 1.807) is 23.1 Å². The van der Waals surface area contributed by atoms with E-state index in [2.05, 4.69) is 5.32 Å². The molecule has 2 amide bonds. The molecule has 1 atom stereocenters. The molecule has 9 heteroatoms. The predicted octanol–water partition coefficient (Wildman–Crippen LogP) is 1.53. The summed E-state index contributed by atoms with van der Waals surface area (Å²) in [6.07, 6.45) is 3.38. The number of hydrogen-bond acceptors (Lipinski definition) is 7. The summed E-state index contributed by atoms with van der Waals surface area (Å²) >= 11 is 0. The zero-order chi connectivity index (χ0) is 22.8. The number of rotatable bonds is 9. The van der Waals surface area contributed by atoms with Gasteiger partial charge in [0.2, 0.25) is 0 Å². The zero-order valence-electron chi connectivity index (χ0n) is 18.3. The highest BCUT2D eigenvalue weighted by molar-refractivity contribution is 6.01. The summed E-state index contributed by atoms with van der Waals surface area (Å²) in [7, 11) is 0. The van der Waals surface area contributed by atoms with Gasteiger partial charge in [0, 0.05) is 26.2 Å². The van der Waals surface area contributed by atoms with E-state index in [0.717, 1.165) is 12.8 Å². The monoisotopic (exact) mass is 443 g/mol. The van der Waals surface area contributed by atoms with E-state index in [0.29, 0.717) is 63.1 Å². The summed E-state index contributed by atoms with van der Waals surface area (Å²) in [4.78, 5) is 26.4. The number of nitriles is 1. The van der Waals surface area contributed by atoms with E-state index in [9.17, 15) is 14.9 Å². The maximum atomic E-state index is 12.4. The Bertz CT molecular complexity index is 867. The normalized spacial score (nSPS) is 18.7. The second kappa shape index (κ2) is 12.1. The summed E-state index contributed by atoms with van der Waals surface area (Å²) in [6, 6.07) is 7.01. The van der Waals surface area contributed by atoms with Gasteiger partial charge in [-0.25, -0.2) is 0 Å². The van der Waals surface area contributed by atoms with Gasteiger partial charge < -0.3 is 29.2 Å². The molecule has 32 heavy (non-hydrogen) atoms. The van der Waals surface area contributed by atoms with Gasteiger partial charge in [-0.2, -0.15) is 5.26 Å². The number of carbonyl (C=O) groups excluding carboxylic acids is 2. The molecule has 2 aliphatic rings. The van der Waals surface area contributed by atoms with Crippen molar-refractivity contribution >= 4 is 17.9 Å². The van der Waals surface area contributed by atoms with E-state index in [1.165, 1.54) is 6.08 Å². The van der Waals surface area contributed by atoms with Crippen molar-refractivity contribution in [2.75, 3.05) is 52.7 Å². The van der Waals surface area contributed by atoms with Crippen molar-refractivity contribution in [3.05, 3.63) is 29.3 Å². The molecule has 2 saturated heterocycles. The van der Waals surface area contributed by atoms with E-state index >= 15 is 0 Å². The zero-order valence-corrected chi connectivity index (χ0v) is 18.3. The minimum absolute atomic E-state index is 0.0000508. The summed E-state index contributed by atoms with van der Waals surface area (Å²) < 4.78 is 22.1. The lowest BCUT2D eigenvalue weighted by Gasteiger charge is -2.26. The van der Waals surface area contributed by atoms with Crippen LogP contribution in [0, 0.1) is 11.3 Å². The minimum Gasteiger partial charge on any atom is -0.490 e. The molecular weight excluding hydrogens is 414 g/mol. The molecule has 2 aliphatic heterocycles. The summed E-state index contributed by atoms with van der Waals surface area (Å²) in [5, 5.41) is 12.2. The first-order valence-corrected chi connectivity index (χ1v) is 10.9. The van der Waals surface area contributed by atoms with Crippen LogP contribution in [0.5, 0.6) is 11.5 Å². The minimum atomic E-state index is -0.447. The number of carbonyl (C=O) groups is 2. The van der Waals surface area contributed by atoms with Gasteiger partial charge in [0.05, 0.1) is 25.9 Å². The molecule has 0 bridgehead atoms. The SMILES string of the molecule is CCOc1cc(/C=C(\C#N)C(=O)NC[C@H]2CCCO2)ccc1OCC(=O)N1CCOCC1. The van der Waals surface area contributed by atoms with Crippen LogP contribution in [0.4, 0.5) is 0 Å². The number of ether oxygens (including phenoxy) is 4. The molecule has 1 aromatic carbocycles. The third kappa shape index (κ3) is 6.70.